The van der Waals surface area contributed by atoms with Gasteiger partial charge in [0.05, 0.1) is 5.92 Å². The highest BCUT2D eigenvalue weighted by molar-refractivity contribution is 5.70. The maximum absolute atomic E-state index is 11.0. The summed E-state index contributed by atoms with van der Waals surface area (Å²) < 4.78 is 0. The third kappa shape index (κ3) is 5.75. The molecule has 0 radical (unpaired) electrons. The Bertz CT molecular complexity index is 547. The van der Waals surface area contributed by atoms with E-state index >= 15 is 0 Å². The smallest absolute Gasteiger partial charge is 0.306 e. The minimum atomic E-state index is -0.645. The topological polar surface area (TPSA) is 37.3 Å². The van der Waals surface area contributed by atoms with Crippen molar-refractivity contribution < 1.29 is 9.90 Å². The van der Waals surface area contributed by atoms with E-state index in [9.17, 15) is 4.79 Å². The summed E-state index contributed by atoms with van der Waals surface area (Å²) in [5.74, 6) is 6.09. The Kier molecular flexibility index (Phi) is 7.20. The van der Waals surface area contributed by atoms with Gasteiger partial charge in [-0.1, -0.05) is 56.6 Å². The van der Waals surface area contributed by atoms with Crippen LogP contribution in [0.1, 0.15) is 81.8 Å². The molecule has 0 spiro atoms. The van der Waals surface area contributed by atoms with Crippen molar-refractivity contribution >= 4 is 5.97 Å². The maximum atomic E-state index is 11.0. The number of carbonyl (C=O) groups is 1. The highest BCUT2D eigenvalue weighted by Gasteiger charge is 2.30. The average Bonchev–Trinajstić information content (AvgIpc) is 3.05. The van der Waals surface area contributed by atoms with Gasteiger partial charge >= 0.3 is 5.97 Å². The molecule has 0 heterocycles. The van der Waals surface area contributed by atoms with E-state index in [1.807, 2.05) is 0 Å². The van der Waals surface area contributed by atoms with Crippen LogP contribution in [0.25, 0.3) is 0 Å². The molecule has 1 aromatic rings. The molecule has 1 aliphatic rings. The lowest BCUT2D eigenvalue weighted by Crippen LogP contribution is -2.09. The lowest BCUT2D eigenvalue weighted by atomic mass is 9.95. The molecule has 1 fully saturated rings. The number of aliphatic carboxylic acids is 1. The van der Waals surface area contributed by atoms with Crippen molar-refractivity contribution in [1.29, 1.82) is 0 Å². The lowest BCUT2D eigenvalue weighted by molar-refractivity contribution is -0.141. The minimum Gasteiger partial charge on any atom is -0.481 e. The summed E-state index contributed by atoms with van der Waals surface area (Å²) in [4.78, 5) is 11.0. The second-order valence-corrected chi connectivity index (χ2v) is 6.63. The van der Waals surface area contributed by atoms with Crippen LogP contribution in [0, 0.1) is 17.8 Å². The van der Waals surface area contributed by atoms with Crippen LogP contribution < -0.4 is 0 Å². The summed E-state index contributed by atoms with van der Waals surface area (Å²) >= 11 is 0. The first-order valence-electron chi connectivity index (χ1n) is 9.02. The van der Waals surface area contributed by atoms with Crippen LogP contribution in [0.4, 0.5) is 0 Å². The van der Waals surface area contributed by atoms with Gasteiger partial charge in [-0.05, 0) is 49.3 Å². The predicted octanol–water partition coefficient (Wildman–Crippen LogP) is 5.37. The van der Waals surface area contributed by atoms with Crippen LogP contribution in [0.3, 0.4) is 0 Å². The van der Waals surface area contributed by atoms with Gasteiger partial charge < -0.3 is 5.11 Å². The summed E-state index contributed by atoms with van der Waals surface area (Å²) in [6, 6.07) is 8.40. The van der Waals surface area contributed by atoms with Crippen molar-refractivity contribution in [2.75, 3.05) is 0 Å². The molecule has 124 valence electrons. The zero-order valence-electron chi connectivity index (χ0n) is 14.2. The van der Waals surface area contributed by atoms with Crippen molar-refractivity contribution in [2.45, 2.75) is 70.6 Å². The van der Waals surface area contributed by atoms with Gasteiger partial charge in [0, 0.05) is 12.0 Å². The molecule has 2 unspecified atom stereocenters. The van der Waals surface area contributed by atoms with Gasteiger partial charge in [0.25, 0.3) is 0 Å². The van der Waals surface area contributed by atoms with Crippen LogP contribution in [0.2, 0.25) is 0 Å². The minimum absolute atomic E-state index is 0.160. The van der Waals surface area contributed by atoms with E-state index in [1.54, 1.807) is 0 Å². The molecular weight excluding hydrogens is 284 g/mol. The molecule has 0 amide bonds. The van der Waals surface area contributed by atoms with E-state index in [4.69, 9.17) is 5.11 Å². The van der Waals surface area contributed by atoms with E-state index in [2.05, 4.69) is 43.0 Å². The average molecular weight is 312 g/mol. The molecule has 23 heavy (non-hydrogen) atoms. The molecule has 0 saturated heterocycles. The second-order valence-electron chi connectivity index (χ2n) is 6.63. The number of carboxylic acids is 1. The van der Waals surface area contributed by atoms with Crippen molar-refractivity contribution in [3.8, 4) is 11.8 Å². The Morgan fingerprint density at radius 1 is 1.13 bits per heavy atom. The number of hydrogen-bond acceptors (Lipinski definition) is 1. The Morgan fingerprint density at radius 3 is 2.52 bits per heavy atom. The first-order valence-corrected chi connectivity index (χ1v) is 9.02. The van der Waals surface area contributed by atoms with Crippen LogP contribution in [0.5, 0.6) is 0 Å². The summed E-state index contributed by atoms with van der Waals surface area (Å²) in [5.41, 5.74) is 2.33. The maximum Gasteiger partial charge on any atom is 0.306 e. The SMILES string of the molecule is CCCCCCCC#Cc1ccc(C2CCC(C(=O)O)C2)cc1. The number of hydrogen-bond donors (Lipinski definition) is 1. The second kappa shape index (κ2) is 9.40. The van der Waals surface area contributed by atoms with E-state index in [-0.39, 0.29) is 5.92 Å². The summed E-state index contributed by atoms with van der Waals surface area (Å²) in [6.45, 7) is 2.23. The van der Waals surface area contributed by atoms with Crippen LogP contribution >= 0.6 is 0 Å². The molecule has 2 heteroatoms. The molecule has 0 bridgehead atoms. The molecular formula is C21H28O2. The van der Waals surface area contributed by atoms with Crippen LogP contribution in [-0.4, -0.2) is 11.1 Å². The quantitative estimate of drug-likeness (QED) is 0.543. The monoisotopic (exact) mass is 312 g/mol. The van der Waals surface area contributed by atoms with E-state index in [0.717, 1.165) is 31.2 Å². The van der Waals surface area contributed by atoms with Crippen molar-refractivity contribution in [1.82, 2.24) is 0 Å². The zero-order chi connectivity index (χ0) is 16.5. The Balaban J connectivity index is 1.78. The predicted molar refractivity (Wildman–Crippen MR) is 94.4 cm³/mol. The molecule has 1 N–H and O–H groups in total. The normalized spacial score (nSPS) is 20.0. The van der Waals surface area contributed by atoms with Gasteiger partial charge in [0.2, 0.25) is 0 Å². The molecule has 0 aliphatic heterocycles. The molecule has 2 rings (SSSR count). The Morgan fingerprint density at radius 2 is 1.87 bits per heavy atom. The summed E-state index contributed by atoms with van der Waals surface area (Å²) in [6.07, 6.45) is 9.97. The lowest BCUT2D eigenvalue weighted by Gasteiger charge is -2.09. The van der Waals surface area contributed by atoms with E-state index in [1.165, 1.54) is 37.7 Å². The van der Waals surface area contributed by atoms with Gasteiger partial charge in [-0.15, -0.1) is 0 Å². The fraction of sp³-hybridized carbons (Fsp3) is 0.571. The fourth-order valence-corrected chi connectivity index (χ4v) is 3.33. The largest absolute Gasteiger partial charge is 0.481 e. The van der Waals surface area contributed by atoms with Crippen molar-refractivity contribution in [3.63, 3.8) is 0 Å². The standard InChI is InChI=1S/C21H28O2/c1-2-3-4-5-6-7-8-9-17-10-12-18(13-11-17)19-14-15-20(16-19)21(22)23/h10-13,19-20H,2-7,14-16H2,1H3,(H,22,23). The highest BCUT2D eigenvalue weighted by Crippen LogP contribution is 2.38. The van der Waals surface area contributed by atoms with E-state index in [0.29, 0.717) is 5.92 Å². The van der Waals surface area contributed by atoms with E-state index < -0.39 is 5.97 Å². The number of rotatable bonds is 7. The van der Waals surface area contributed by atoms with Gasteiger partial charge in [0.15, 0.2) is 0 Å². The molecule has 1 aromatic carbocycles. The van der Waals surface area contributed by atoms with Crippen molar-refractivity contribution in [3.05, 3.63) is 35.4 Å². The fourth-order valence-electron chi connectivity index (χ4n) is 3.33. The highest BCUT2D eigenvalue weighted by atomic mass is 16.4. The molecule has 2 nitrogen and oxygen atoms in total. The first kappa shape index (κ1) is 17.6. The number of unbranched alkanes of at least 4 members (excludes halogenated alkanes) is 5. The molecule has 1 saturated carbocycles. The Labute approximate surface area is 140 Å². The number of carboxylic acid groups (broad SMARTS) is 1. The zero-order valence-corrected chi connectivity index (χ0v) is 14.2. The van der Waals surface area contributed by atoms with Crippen molar-refractivity contribution in [2.24, 2.45) is 5.92 Å². The van der Waals surface area contributed by atoms with Crippen LogP contribution in [-0.2, 0) is 4.79 Å². The third-order valence-electron chi connectivity index (χ3n) is 4.80. The van der Waals surface area contributed by atoms with Gasteiger partial charge in [-0.25, -0.2) is 0 Å². The summed E-state index contributed by atoms with van der Waals surface area (Å²) in [7, 11) is 0. The Hall–Kier alpha value is -1.75. The van der Waals surface area contributed by atoms with Crippen LogP contribution in [0.15, 0.2) is 24.3 Å². The van der Waals surface area contributed by atoms with Gasteiger partial charge in [0.1, 0.15) is 0 Å². The molecule has 1 aliphatic carbocycles. The third-order valence-corrected chi connectivity index (χ3v) is 4.80. The summed E-state index contributed by atoms with van der Waals surface area (Å²) in [5, 5.41) is 9.09. The number of benzene rings is 1. The molecule has 2 atom stereocenters. The molecule has 0 aromatic heterocycles. The van der Waals surface area contributed by atoms with Gasteiger partial charge in [-0.2, -0.15) is 0 Å². The first-order chi connectivity index (χ1) is 11.2. The van der Waals surface area contributed by atoms with Gasteiger partial charge in [-0.3, -0.25) is 4.79 Å².